The predicted octanol–water partition coefficient (Wildman–Crippen LogP) is -0.435. The van der Waals surface area contributed by atoms with E-state index in [9.17, 15) is 18.5 Å². The fraction of sp³-hybridized carbons (Fsp3) is 0.600. The number of nitrogens with one attached hydrogen (secondary N) is 1. The second-order valence-electron chi connectivity index (χ2n) is 4.19. The second-order valence-corrected chi connectivity index (χ2v) is 6.84. The van der Waals surface area contributed by atoms with Gasteiger partial charge in [0.05, 0.1) is 25.5 Å². The van der Waals surface area contributed by atoms with E-state index in [4.69, 9.17) is 14.4 Å². The number of aromatic nitrogens is 2. The van der Waals surface area contributed by atoms with Gasteiger partial charge in [-0.1, -0.05) is 0 Å². The van der Waals surface area contributed by atoms with Crippen LogP contribution in [0.25, 0.3) is 0 Å². The SMILES string of the molecule is COP(C)(=O)CO[C@H](CO)Cn1cc(F)c(=O)[nH]c1=O. The third-order valence-corrected chi connectivity index (χ3v) is 3.89. The fourth-order valence-electron chi connectivity index (χ4n) is 1.29. The molecule has 2 atom stereocenters. The summed E-state index contributed by atoms with van der Waals surface area (Å²) in [5.74, 6) is -1.13. The van der Waals surface area contributed by atoms with Gasteiger partial charge < -0.3 is 14.4 Å². The molecule has 0 aliphatic heterocycles. The van der Waals surface area contributed by atoms with Crippen molar-refractivity contribution in [2.45, 2.75) is 12.6 Å². The molecule has 8 nitrogen and oxygen atoms in total. The molecule has 1 unspecified atom stereocenters. The van der Waals surface area contributed by atoms with Crippen LogP contribution in [0, 0.1) is 5.82 Å². The number of aliphatic hydroxyl groups excluding tert-OH is 1. The van der Waals surface area contributed by atoms with Crippen LogP contribution in [0.4, 0.5) is 4.39 Å². The number of aliphatic hydroxyl groups is 1. The molecule has 20 heavy (non-hydrogen) atoms. The summed E-state index contributed by atoms with van der Waals surface area (Å²) in [5.41, 5.74) is -1.95. The van der Waals surface area contributed by atoms with E-state index in [1.165, 1.54) is 13.8 Å². The molecule has 0 saturated carbocycles. The van der Waals surface area contributed by atoms with Gasteiger partial charge in [-0.15, -0.1) is 0 Å². The van der Waals surface area contributed by atoms with E-state index in [2.05, 4.69) is 0 Å². The molecule has 0 amide bonds. The quantitative estimate of drug-likeness (QED) is 0.661. The van der Waals surface area contributed by atoms with Crippen LogP contribution in [0.15, 0.2) is 15.8 Å². The third kappa shape index (κ3) is 4.68. The second kappa shape index (κ2) is 6.94. The van der Waals surface area contributed by atoms with Crippen molar-refractivity contribution >= 4 is 7.37 Å². The summed E-state index contributed by atoms with van der Waals surface area (Å²) in [7, 11) is -1.66. The number of ether oxygens (including phenoxy) is 1. The highest BCUT2D eigenvalue weighted by molar-refractivity contribution is 7.57. The van der Waals surface area contributed by atoms with Crippen molar-refractivity contribution in [3.8, 4) is 0 Å². The van der Waals surface area contributed by atoms with Gasteiger partial charge in [0, 0.05) is 13.8 Å². The van der Waals surface area contributed by atoms with Crippen molar-refractivity contribution in [2.75, 3.05) is 26.7 Å². The molecule has 0 saturated heterocycles. The molecule has 2 N–H and O–H groups in total. The highest BCUT2D eigenvalue weighted by Gasteiger charge is 2.19. The van der Waals surface area contributed by atoms with Crippen LogP contribution in [-0.4, -0.2) is 47.5 Å². The highest BCUT2D eigenvalue weighted by Crippen LogP contribution is 2.41. The van der Waals surface area contributed by atoms with Gasteiger partial charge in [-0.2, -0.15) is 4.39 Å². The van der Waals surface area contributed by atoms with Crippen LogP contribution in [-0.2, 0) is 20.4 Å². The zero-order chi connectivity index (χ0) is 15.3. The molecule has 0 fully saturated rings. The highest BCUT2D eigenvalue weighted by atomic mass is 31.2. The molecule has 0 aromatic carbocycles. The molecule has 0 bridgehead atoms. The predicted molar refractivity (Wildman–Crippen MR) is 68.6 cm³/mol. The molecular weight excluding hydrogens is 294 g/mol. The summed E-state index contributed by atoms with van der Waals surface area (Å²) >= 11 is 0. The number of rotatable bonds is 7. The standard InChI is InChI=1S/C10H16FN2O6P/c1-18-20(2,17)6-19-7(5-14)3-13-4-8(11)9(15)12-10(13)16/h4,7,14H,3,5-6H2,1-2H3,(H,12,15,16)/t7-,20?/m0/s1. The Morgan fingerprint density at radius 2 is 2.20 bits per heavy atom. The van der Waals surface area contributed by atoms with Gasteiger partial charge in [0.2, 0.25) is 13.2 Å². The maximum absolute atomic E-state index is 13.1. The van der Waals surface area contributed by atoms with E-state index < -0.39 is 37.1 Å². The van der Waals surface area contributed by atoms with E-state index in [-0.39, 0.29) is 12.9 Å². The Hall–Kier alpha value is -1.28. The van der Waals surface area contributed by atoms with Crippen LogP contribution in [0.2, 0.25) is 0 Å². The van der Waals surface area contributed by atoms with Gasteiger partial charge in [-0.05, 0) is 0 Å². The monoisotopic (exact) mass is 310 g/mol. The average Bonchev–Trinajstić information content (AvgIpc) is 2.40. The summed E-state index contributed by atoms with van der Waals surface area (Å²) in [4.78, 5) is 24.1. The van der Waals surface area contributed by atoms with Crippen molar-refractivity contribution in [3.63, 3.8) is 0 Å². The Bertz CT molecular complexity index is 613. The lowest BCUT2D eigenvalue weighted by molar-refractivity contribution is 0.0216. The van der Waals surface area contributed by atoms with Crippen molar-refractivity contribution < 1.29 is 23.3 Å². The first-order chi connectivity index (χ1) is 9.29. The van der Waals surface area contributed by atoms with E-state index in [1.807, 2.05) is 0 Å². The number of hydrogen-bond donors (Lipinski definition) is 2. The number of aromatic amines is 1. The lowest BCUT2D eigenvalue weighted by atomic mass is 10.3. The van der Waals surface area contributed by atoms with Gasteiger partial charge in [-0.25, -0.2) is 4.79 Å². The number of nitrogens with zero attached hydrogens (tertiary/aromatic N) is 1. The number of halogens is 1. The van der Waals surface area contributed by atoms with Crippen molar-refractivity contribution in [2.24, 2.45) is 0 Å². The van der Waals surface area contributed by atoms with E-state index in [1.54, 1.807) is 4.98 Å². The molecule has 0 aliphatic rings. The maximum atomic E-state index is 13.1. The lowest BCUT2D eigenvalue weighted by Crippen LogP contribution is -2.36. The van der Waals surface area contributed by atoms with Crippen LogP contribution in [0.1, 0.15) is 0 Å². The summed E-state index contributed by atoms with van der Waals surface area (Å²) in [5, 5.41) is 9.14. The summed E-state index contributed by atoms with van der Waals surface area (Å²) in [6.45, 7) is 0.678. The molecule has 0 aliphatic carbocycles. The average molecular weight is 310 g/mol. The number of H-pyrrole nitrogens is 1. The first kappa shape index (κ1) is 16.8. The Labute approximate surface area is 113 Å². The molecule has 114 valence electrons. The smallest absolute Gasteiger partial charge is 0.328 e. The molecular formula is C10H16FN2O6P. The zero-order valence-electron chi connectivity index (χ0n) is 11.0. The molecule has 1 aromatic rings. The lowest BCUT2D eigenvalue weighted by Gasteiger charge is -2.18. The molecule has 10 heteroatoms. The molecule has 1 rings (SSSR count). The van der Waals surface area contributed by atoms with Gasteiger partial charge in [0.15, 0.2) is 0 Å². The first-order valence-electron chi connectivity index (χ1n) is 5.63. The van der Waals surface area contributed by atoms with E-state index in [0.717, 1.165) is 10.8 Å². The molecule has 0 spiro atoms. The van der Waals surface area contributed by atoms with Gasteiger partial charge in [0.1, 0.15) is 6.35 Å². The third-order valence-electron chi connectivity index (χ3n) is 2.50. The van der Waals surface area contributed by atoms with Gasteiger partial charge in [0.25, 0.3) is 5.56 Å². The minimum atomic E-state index is -2.93. The van der Waals surface area contributed by atoms with Crippen molar-refractivity contribution in [1.29, 1.82) is 0 Å². The first-order valence-corrected chi connectivity index (χ1v) is 7.89. The van der Waals surface area contributed by atoms with Crippen LogP contribution < -0.4 is 11.2 Å². The largest absolute Gasteiger partial charge is 0.394 e. The Balaban J connectivity index is 2.79. The normalized spacial score (nSPS) is 15.8. The van der Waals surface area contributed by atoms with Crippen LogP contribution >= 0.6 is 7.37 Å². The minimum Gasteiger partial charge on any atom is -0.394 e. The Morgan fingerprint density at radius 1 is 1.55 bits per heavy atom. The minimum absolute atomic E-state index is 0.202. The summed E-state index contributed by atoms with van der Waals surface area (Å²) in [6.07, 6.45) is -0.425. The molecule has 1 aromatic heterocycles. The van der Waals surface area contributed by atoms with E-state index >= 15 is 0 Å². The van der Waals surface area contributed by atoms with Gasteiger partial charge >= 0.3 is 5.69 Å². The summed E-state index contributed by atoms with van der Waals surface area (Å²) < 4.78 is 35.4. The fourth-order valence-corrected chi connectivity index (χ4v) is 1.88. The van der Waals surface area contributed by atoms with E-state index in [0.29, 0.717) is 0 Å². The van der Waals surface area contributed by atoms with Crippen LogP contribution in [0.5, 0.6) is 0 Å². The summed E-state index contributed by atoms with van der Waals surface area (Å²) in [6, 6.07) is 0. The Kier molecular flexibility index (Phi) is 5.82. The topological polar surface area (TPSA) is 111 Å². The molecule has 1 heterocycles. The van der Waals surface area contributed by atoms with Gasteiger partial charge in [-0.3, -0.25) is 18.9 Å². The number of hydrogen-bond acceptors (Lipinski definition) is 6. The van der Waals surface area contributed by atoms with Crippen molar-refractivity contribution in [3.05, 3.63) is 32.9 Å². The van der Waals surface area contributed by atoms with Crippen molar-refractivity contribution in [1.82, 2.24) is 9.55 Å². The maximum Gasteiger partial charge on any atom is 0.328 e. The Morgan fingerprint density at radius 3 is 2.75 bits per heavy atom. The zero-order valence-corrected chi connectivity index (χ0v) is 11.9. The molecule has 0 radical (unpaired) electrons. The van der Waals surface area contributed by atoms with Crippen LogP contribution in [0.3, 0.4) is 0 Å².